The number of halogens is 1. The number of carbonyl (C=O) groups is 1. The third-order valence-electron chi connectivity index (χ3n) is 2.45. The normalized spacial score (nSPS) is 9.89. The molecule has 0 atom stereocenters. The number of nitrogens with two attached hydrogens (primary N) is 1. The third-order valence-corrected chi connectivity index (χ3v) is 3.39. The van der Waals surface area contributed by atoms with E-state index in [9.17, 15) is 4.79 Å². The van der Waals surface area contributed by atoms with E-state index in [1.54, 1.807) is 18.2 Å². The summed E-state index contributed by atoms with van der Waals surface area (Å²) in [5, 5.41) is 2.86. The smallest absolute Gasteiger partial charge is 0.257 e. The average Bonchev–Trinajstić information content (AvgIpc) is 2.41. The van der Waals surface area contributed by atoms with E-state index in [1.807, 2.05) is 30.3 Å². The quantitative estimate of drug-likeness (QED) is 0.452. The number of carbonyl (C=O) groups excluding carboxylic acids is 1. The number of nitrogen functional groups attached to an aromatic ring is 1. The zero-order valence-electron chi connectivity index (χ0n) is 9.48. The molecule has 0 fully saturated rings. The van der Waals surface area contributed by atoms with Gasteiger partial charge in [-0.05, 0) is 46.9 Å². The zero-order valence-corrected chi connectivity index (χ0v) is 11.6. The number of para-hydroxylation sites is 2. The van der Waals surface area contributed by atoms with Crippen molar-refractivity contribution in [3.63, 3.8) is 0 Å². The Morgan fingerprint density at radius 1 is 1.00 bits per heavy atom. The molecular formula is C13H12IN3O. The summed E-state index contributed by atoms with van der Waals surface area (Å²) in [4.78, 5) is 12.1. The summed E-state index contributed by atoms with van der Waals surface area (Å²) in [5.41, 5.74) is 4.41. The summed E-state index contributed by atoms with van der Waals surface area (Å²) >= 11 is 2.18. The van der Waals surface area contributed by atoms with Crippen molar-refractivity contribution >= 4 is 39.9 Å². The molecule has 1 amide bonds. The molecule has 0 aliphatic rings. The Morgan fingerprint density at radius 2 is 1.61 bits per heavy atom. The van der Waals surface area contributed by atoms with Crippen LogP contribution in [-0.4, -0.2) is 5.91 Å². The number of hydrogen-bond donors (Lipinski definition) is 3. The Hall–Kier alpha value is -1.60. The monoisotopic (exact) mass is 353 g/mol. The first-order chi connectivity index (χ1) is 8.72. The van der Waals surface area contributed by atoms with Crippen molar-refractivity contribution in [2.75, 3.05) is 10.7 Å². The highest BCUT2D eigenvalue weighted by Gasteiger charge is 2.11. The van der Waals surface area contributed by atoms with Gasteiger partial charge in [0, 0.05) is 3.57 Å². The van der Waals surface area contributed by atoms with Gasteiger partial charge in [-0.15, -0.1) is 0 Å². The molecule has 0 spiro atoms. The number of hydrazine groups is 1. The number of benzene rings is 2. The van der Waals surface area contributed by atoms with E-state index in [0.717, 1.165) is 9.26 Å². The van der Waals surface area contributed by atoms with Crippen molar-refractivity contribution in [2.45, 2.75) is 0 Å². The van der Waals surface area contributed by atoms with Crippen molar-refractivity contribution in [1.82, 2.24) is 0 Å². The molecule has 4 nitrogen and oxygen atoms in total. The van der Waals surface area contributed by atoms with Crippen LogP contribution in [0.5, 0.6) is 0 Å². The van der Waals surface area contributed by atoms with Gasteiger partial charge in [-0.25, -0.2) is 0 Å². The Bertz CT molecular complexity index is 572. The Kier molecular flexibility index (Phi) is 4.16. The van der Waals surface area contributed by atoms with Gasteiger partial charge in [0.15, 0.2) is 0 Å². The van der Waals surface area contributed by atoms with Crippen LogP contribution in [0.25, 0.3) is 0 Å². The van der Waals surface area contributed by atoms with Crippen molar-refractivity contribution in [2.24, 2.45) is 5.84 Å². The van der Waals surface area contributed by atoms with Gasteiger partial charge in [0.1, 0.15) is 0 Å². The van der Waals surface area contributed by atoms with Gasteiger partial charge in [0.05, 0.1) is 16.9 Å². The van der Waals surface area contributed by atoms with Crippen LogP contribution in [0.2, 0.25) is 0 Å². The second-order valence-electron chi connectivity index (χ2n) is 3.62. The number of nitrogens with one attached hydrogen (secondary N) is 2. The second-order valence-corrected chi connectivity index (χ2v) is 4.79. The van der Waals surface area contributed by atoms with Gasteiger partial charge in [-0.2, -0.15) is 0 Å². The van der Waals surface area contributed by atoms with Crippen LogP contribution in [0, 0.1) is 3.57 Å². The molecular weight excluding hydrogens is 341 g/mol. The van der Waals surface area contributed by atoms with Crippen molar-refractivity contribution < 1.29 is 4.79 Å². The first-order valence-electron chi connectivity index (χ1n) is 5.34. The maximum absolute atomic E-state index is 12.1. The van der Waals surface area contributed by atoms with E-state index < -0.39 is 0 Å². The molecule has 0 aromatic heterocycles. The van der Waals surface area contributed by atoms with Crippen LogP contribution in [0.3, 0.4) is 0 Å². The van der Waals surface area contributed by atoms with Gasteiger partial charge in [-0.1, -0.05) is 24.3 Å². The summed E-state index contributed by atoms with van der Waals surface area (Å²) in [6.45, 7) is 0. The van der Waals surface area contributed by atoms with Gasteiger partial charge < -0.3 is 10.7 Å². The lowest BCUT2D eigenvalue weighted by molar-refractivity contribution is 0.102. The maximum Gasteiger partial charge on any atom is 0.257 e. The van der Waals surface area contributed by atoms with E-state index in [0.29, 0.717) is 11.3 Å². The van der Waals surface area contributed by atoms with Gasteiger partial charge in [0.2, 0.25) is 0 Å². The second kappa shape index (κ2) is 5.83. The summed E-state index contributed by atoms with van der Waals surface area (Å²) in [6, 6.07) is 14.7. The Morgan fingerprint density at radius 3 is 2.28 bits per heavy atom. The molecule has 0 saturated heterocycles. The fourth-order valence-electron chi connectivity index (χ4n) is 1.56. The molecule has 0 aliphatic heterocycles. The number of anilines is 2. The van der Waals surface area contributed by atoms with E-state index in [-0.39, 0.29) is 5.91 Å². The van der Waals surface area contributed by atoms with E-state index >= 15 is 0 Å². The van der Waals surface area contributed by atoms with Crippen LogP contribution >= 0.6 is 22.6 Å². The molecule has 2 aromatic rings. The van der Waals surface area contributed by atoms with Gasteiger partial charge >= 0.3 is 0 Å². The van der Waals surface area contributed by atoms with Crippen molar-refractivity contribution in [3.8, 4) is 0 Å². The van der Waals surface area contributed by atoms with Gasteiger partial charge in [0.25, 0.3) is 5.91 Å². The predicted octanol–water partition coefficient (Wildman–Crippen LogP) is 2.83. The highest BCUT2D eigenvalue weighted by molar-refractivity contribution is 14.1. The Balaban J connectivity index is 2.25. The minimum atomic E-state index is -0.187. The van der Waals surface area contributed by atoms with Crippen LogP contribution in [-0.2, 0) is 0 Å². The summed E-state index contributed by atoms with van der Waals surface area (Å²) < 4.78 is 0.988. The number of hydrogen-bond acceptors (Lipinski definition) is 3. The first-order valence-corrected chi connectivity index (χ1v) is 6.42. The average molecular weight is 353 g/mol. The largest absolute Gasteiger partial charge is 0.323 e. The van der Waals surface area contributed by atoms with E-state index in [4.69, 9.17) is 5.84 Å². The summed E-state index contributed by atoms with van der Waals surface area (Å²) in [6.07, 6.45) is 0. The first kappa shape index (κ1) is 12.8. The fraction of sp³-hybridized carbons (Fsp3) is 0. The van der Waals surface area contributed by atoms with Crippen molar-refractivity contribution in [3.05, 3.63) is 57.7 Å². The third kappa shape index (κ3) is 2.80. The summed E-state index contributed by atoms with van der Waals surface area (Å²) in [5.74, 6) is 5.19. The lowest BCUT2D eigenvalue weighted by atomic mass is 10.1. The molecule has 2 aromatic carbocycles. The molecule has 92 valence electrons. The molecule has 0 heterocycles. The zero-order chi connectivity index (χ0) is 13.0. The molecule has 5 heteroatoms. The minimum Gasteiger partial charge on any atom is -0.323 e. The van der Waals surface area contributed by atoms with E-state index in [1.165, 1.54) is 0 Å². The van der Waals surface area contributed by atoms with Crippen LogP contribution < -0.4 is 16.6 Å². The highest BCUT2D eigenvalue weighted by Crippen LogP contribution is 2.20. The standard InChI is InChI=1S/C13H12IN3O/c14-10-6-2-4-8-12(10)16-13(18)9-5-1-3-7-11(9)17-15/h1-8,17H,15H2,(H,16,18). The Labute approximate surface area is 119 Å². The fourth-order valence-corrected chi connectivity index (χ4v) is 2.08. The molecule has 2 rings (SSSR count). The van der Waals surface area contributed by atoms with Gasteiger partial charge in [-0.3, -0.25) is 10.6 Å². The number of rotatable bonds is 3. The maximum atomic E-state index is 12.1. The van der Waals surface area contributed by atoms with Crippen LogP contribution in [0.15, 0.2) is 48.5 Å². The predicted molar refractivity (Wildman–Crippen MR) is 81.4 cm³/mol. The molecule has 18 heavy (non-hydrogen) atoms. The van der Waals surface area contributed by atoms with E-state index in [2.05, 4.69) is 33.3 Å². The van der Waals surface area contributed by atoms with Crippen LogP contribution in [0.4, 0.5) is 11.4 Å². The molecule has 0 saturated carbocycles. The topological polar surface area (TPSA) is 67.1 Å². The van der Waals surface area contributed by atoms with Crippen molar-refractivity contribution in [1.29, 1.82) is 0 Å². The lowest BCUT2D eigenvalue weighted by Crippen LogP contribution is -2.17. The summed E-state index contributed by atoms with van der Waals surface area (Å²) in [7, 11) is 0. The molecule has 0 aliphatic carbocycles. The molecule has 0 radical (unpaired) electrons. The molecule has 4 N–H and O–H groups in total. The molecule has 0 bridgehead atoms. The SMILES string of the molecule is NNc1ccccc1C(=O)Nc1ccccc1I. The molecule has 0 unspecified atom stereocenters. The minimum absolute atomic E-state index is 0.187. The lowest BCUT2D eigenvalue weighted by Gasteiger charge is -2.10. The highest BCUT2D eigenvalue weighted by atomic mass is 127. The van der Waals surface area contributed by atoms with Crippen LogP contribution in [0.1, 0.15) is 10.4 Å². The number of amides is 1.